The first-order valence-corrected chi connectivity index (χ1v) is 9.93. The van der Waals surface area contributed by atoms with Crippen molar-refractivity contribution >= 4 is 29.3 Å². The van der Waals surface area contributed by atoms with Gasteiger partial charge in [0.2, 0.25) is 5.91 Å². The Hall–Kier alpha value is -2.78. The van der Waals surface area contributed by atoms with Crippen molar-refractivity contribution in [2.24, 2.45) is 0 Å². The lowest BCUT2D eigenvalue weighted by Gasteiger charge is -2.15. The summed E-state index contributed by atoms with van der Waals surface area (Å²) in [6.45, 7) is 1.40. The molecule has 1 fully saturated rings. The summed E-state index contributed by atoms with van der Waals surface area (Å²) in [7, 11) is 0. The molecule has 6 heteroatoms. The molecule has 2 aromatic rings. The molecular formula is C21H21N3O2S. The minimum atomic E-state index is -0.174. The van der Waals surface area contributed by atoms with Crippen LogP contribution in [0.2, 0.25) is 0 Å². The third-order valence-electron chi connectivity index (χ3n) is 4.37. The lowest BCUT2D eigenvalue weighted by molar-refractivity contribution is -0.128. The number of hydrogen-bond donors (Lipinski definition) is 1. The van der Waals surface area contributed by atoms with Gasteiger partial charge in [-0.1, -0.05) is 24.3 Å². The van der Waals surface area contributed by atoms with Crippen LogP contribution in [0.1, 0.15) is 35.2 Å². The van der Waals surface area contributed by atoms with E-state index in [9.17, 15) is 9.59 Å². The summed E-state index contributed by atoms with van der Waals surface area (Å²) < 4.78 is 0. The third kappa shape index (κ3) is 5.11. The smallest absolute Gasteiger partial charge is 0.255 e. The van der Waals surface area contributed by atoms with Crippen molar-refractivity contribution in [2.45, 2.75) is 30.7 Å². The lowest BCUT2D eigenvalue weighted by atomic mass is 10.1. The monoisotopic (exact) mass is 379 g/mol. The average molecular weight is 379 g/mol. The summed E-state index contributed by atoms with van der Waals surface area (Å²) in [4.78, 5) is 27.1. The predicted octanol–water partition coefficient (Wildman–Crippen LogP) is 4.07. The van der Waals surface area contributed by atoms with Crippen LogP contribution in [0.25, 0.3) is 0 Å². The standard InChI is InChI=1S/C21H21N3O2S/c22-12-4-14-27-19-6-2-1-5-18(19)23-21(26)17-10-8-16(9-11-17)15-24-13-3-7-20(24)25/h1-2,5-6,8-11H,3-4,7,13-15H2,(H,23,26). The van der Waals surface area contributed by atoms with Crippen molar-refractivity contribution in [2.75, 3.05) is 17.6 Å². The molecule has 27 heavy (non-hydrogen) atoms. The normalized spacial score (nSPS) is 13.4. The Morgan fingerprint density at radius 2 is 1.96 bits per heavy atom. The highest BCUT2D eigenvalue weighted by molar-refractivity contribution is 7.99. The fourth-order valence-corrected chi connectivity index (χ4v) is 3.81. The number of likely N-dealkylation sites (tertiary alicyclic amines) is 1. The molecule has 1 N–H and O–H groups in total. The van der Waals surface area contributed by atoms with E-state index >= 15 is 0 Å². The van der Waals surface area contributed by atoms with Crippen LogP contribution in [-0.4, -0.2) is 29.0 Å². The van der Waals surface area contributed by atoms with E-state index in [0.717, 1.165) is 29.1 Å². The predicted molar refractivity (Wildman–Crippen MR) is 106 cm³/mol. The van der Waals surface area contributed by atoms with Gasteiger partial charge in [-0.05, 0) is 36.2 Å². The van der Waals surface area contributed by atoms with Gasteiger partial charge in [-0.25, -0.2) is 0 Å². The van der Waals surface area contributed by atoms with Crippen LogP contribution in [0.3, 0.4) is 0 Å². The number of amides is 2. The van der Waals surface area contributed by atoms with Crippen molar-refractivity contribution in [3.05, 3.63) is 59.7 Å². The van der Waals surface area contributed by atoms with Crippen LogP contribution < -0.4 is 5.32 Å². The van der Waals surface area contributed by atoms with Crippen LogP contribution in [0, 0.1) is 11.3 Å². The summed E-state index contributed by atoms with van der Waals surface area (Å²) >= 11 is 1.55. The third-order valence-corrected chi connectivity index (χ3v) is 5.44. The van der Waals surface area contributed by atoms with E-state index in [0.29, 0.717) is 30.7 Å². The van der Waals surface area contributed by atoms with Crippen molar-refractivity contribution in [3.8, 4) is 6.07 Å². The fraction of sp³-hybridized carbons (Fsp3) is 0.286. The van der Waals surface area contributed by atoms with Crippen molar-refractivity contribution in [1.82, 2.24) is 4.90 Å². The SMILES string of the molecule is N#CCCSc1ccccc1NC(=O)c1ccc(CN2CCCC2=O)cc1. The highest BCUT2D eigenvalue weighted by atomic mass is 32.2. The quantitative estimate of drug-likeness (QED) is 0.581. The van der Waals surface area contributed by atoms with Gasteiger partial charge in [0.05, 0.1) is 11.8 Å². The minimum absolute atomic E-state index is 0.174. The molecule has 0 bridgehead atoms. The molecule has 1 aliphatic heterocycles. The largest absolute Gasteiger partial charge is 0.338 e. The van der Waals surface area contributed by atoms with Gasteiger partial charge in [-0.3, -0.25) is 9.59 Å². The highest BCUT2D eigenvalue weighted by Gasteiger charge is 2.20. The summed E-state index contributed by atoms with van der Waals surface area (Å²) in [5.41, 5.74) is 2.34. The second-order valence-corrected chi connectivity index (χ2v) is 7.46. The maximum Gasteiger partial charge on any atom is 0.255 e. The van der Waals surface area contributed by atoms with Gasteiger partial charge in [-0.2, -0.15) is 5.26 Å². The molecule has 2 amide bonds. The second kappa shape index (κ2) is 9.24. The molecule has 0 spiro atoms. The molecule has 1 aliphatic rings. The topological polar surface area (TPSA) is 73.2 Å². The Balaban J connectivity index is 1.63. The molecule has 5 nitrogen and oxygen atoms in total. The average Bonchev–Trinajstić information content (AvgIpc) is 3.08. The number of hydrogen-bond acceptors (Lipinski definition) is 4. The number of anilines is 1. The Morgan fingerprint density at radius 1 is 1.19 bits per heavy atom. The number of carbonyl (C=O) groups is 2. The van der Waals surface area contributed by atoms with Crippen LogP contribution in [-0.2, 0) is 11.3 Å². The fourth-order valence-electron chi connectivity index (χ4n) is 2.95. The van der Waals surface area contributed by atoms with Gasteiger partial charge in [0.25, 0.3) is 5.91 Å². The second-order valence-electron chi connectivity index (χ2n) is 6.32. The first-order chi connectivity index (χ1) is 13.2. The molecule has 0 unspecified atom stereocenters. The first kappa shape index (κ1) is 19.0. The maximum absolute atomic E-state index is 12.6. The van der Waals surface area contributed by atoms with E-state index in [4.69, 9.17) is 5.26 Å². The van der Waals surface area contributed by atoms with Gasteiger partial charge in [0.1, 0.15) is 0 Å². The molecule has 1 heterocycles. The molecule has 3 rings (SSSR count). The van der Waals surface area contributed by atoms with E-state index < -0.39 is 0 Å². The number of nitrogens with zero attached hydrogens (tertiary/aromatic N) is 2. The van der Waals surface area contributed by atoms with Crippen LogP contribution in [0.4, 0.5) is 5.69 Å². The number of thioether (sulfide) groups is 1. The van der Waals surface area contributed by atoms with E-state index in [1.54, 1.807) is 23.9 Å². The molecular weight excluding hydrogens is 358 g/mol. The lowest BCUT2D eigenvalue weighted by Crippen LogP contribution is -2.23. The molecule has 1 saturated heterocycles. The Kier molecular flexibility index (Phi) is 6.50. The molecule has 0 aliphatic carbocycles. The van der Waals surface area contributed by atoms with Crippen LogP contribution in [0.5, 0.6) is 0 Å². The number of rotatable bonds is 7. The number of nitriles is 1. The number of nitrogens with one attached hydrogen (secondary N) is 1. The molecule has 138 valence electrons. The van der Waals surface area contributed by atoms with E-state index in [-0.39, 0.29) is 11.8 Å². The van der Waals surface area contributed by atoms with Gasteiger partial charge in [0.15, 0.2) is 0 Å². The van der Waals surface area contributed by atoms with Crippen LogP contribution in [0.15, 0.2) is 53.4 Å². The van der Waals surface area contributed by atoms with Gasteiger partial charge in [0, 0.05) is 42.1 Å². The summed E-state index contributed by atoms with van der Waals surface area (Å²) in [5.74, 6) is 0.710. The van der Waals surface area contributed by atoms with Crippen molar-refractivity contribution in [1.29, 1.82) is 5.26 Å². The van der Waals surface area contributed by atoms with E-state index in [2.05, 4.69) is 11.4 Å². The summed E-state index contributed by atoms with van der Waals surface area (Å²) in [6.07, 6.45) is 2.02. The van der Waals surface area contributed by atoms with Crippen LogP contribution >= 0.6 is 11.8 Å². The molecule has 0 saturated carbocycles. The van der Waals surface area contributed by atoms with Gasteiger partial charge >= 0.3 is 0 Å². The zero-order chi connectivity index (χ0) is 19.1. The highest BCUT2D eigenvalue weighted by Crippen LogP contribution is 2.27. The van der Waals surface area contributed by atoms with Gasteiger partial charge in [-0.15, -0.1) is 11.8 Å². The first-order valence-electron chi connectivity index (χ1n) is 8.94. The minimum Gasteiger partial charge on any atom is -0.338 e. The summed E-state index contributed by atoms with van der Waals surface area (Å²) in [5, 5.41) is 11.6. The van der Waals surface area contributed by atoms with Gasteiger partial charge < -0.3 is 10.2 Å². The van der Waals surface area contributed by atoms with Crippen molar-refractivity contribution in [3.63, 3.8) is 0 Å². The Morgan fingerprint density at radius 3 is 2.67 bits per heavy atom. The number of benzene rings is 2. The zero-order valence-corrected chi connectivity index (χ0v) is 15.8. The zero-order valence-electron chi connectivity index (χ0n) is 15.0. The number of carbonyl (C=O) groups excluding carboxylic acids is 2. The molecule has 2 aromatic carbocycles. The Bertz CT molecular complexity index is 858. The molecule has 0 atom stereocenters. The summed E-state index contributed by atoms with van der Waals surface area (Å²) in [6, 6.07) is 17.1. The van der Waals surface area contributed by atoms with Crippen molar-refractivity contribution < 1.29 is 9.59 Å². The van der Waals surface area contributed by atoms with E-state index in [1.165, 1.54) is 0 Å². The molecule has 0 radical (unpaired) electrons. The van der Waals surface area contributed by atoms with E-state index in [1.807, 2.05) is 41.3 Å². The Labute approximate surface area is 163 Å². The molecule has 0 aromatic heterocycles. The maximum atomic E-state index is 12.6. The number of para-hydroxylation sites is 1.